The summed E-state index contributed by atoms with van der Waals surface area (Å²) < 4.78 is 29.1. The first kappa shape index (κ1) is 9.37. The number of rotatable bonds is 3. The van der Waals surface area contributed by atoms with Crippen molar-refractivity contribution in [2.24, 2.45) is 5.92 Å². The van der Waals surface area contributed by atoms with Gasteiger partial charge < -0.3 is 4.42 Å². The van der Waals surface area contributed by atoms with Crippen LogP contribution >= 0.6 is 0 Å². The van der Waals surface area contributed by atoms with Crippen LogP contribution in [0.25, 0.3) is 0 Å². The van der Waals surface area contributed by atoms with Crippen molar-refractivity contribution >= 4 is 5.78 Å². The molecule has 0 saturated heterocycles. The van der Waals surface area contributed by atoms with Gasteiger partial charge in [0.1, 0.15) is 5.76 Å². The lowest BCUT2D eigenvalue weighted by atomic mass is 10.2. The van der Waals surface area contributed by atoms with E-state index in [1.54, 1.807) is 6.07 Å². The van der Waals surface area contributed by atoms with Crippen LogP contribution in [0.5, 0.6) is 0 Å². The predicted molar refractivity (Wildman–Crippen MR) is 45.6 cm³/mol. The third-order valence-electron chi connectivity index (χ3n) is 2.54. The number of carbonyl (C=O) groups excluding carboxylic acids is 1. The average molecular weight is 200 g/mol. The van der Waals surface area contributed by atoms with Crippen LogP contribution in [0.2, 0.25) is 0 Å². The fraction of sp³-hybridized carbons (Fsp3) is 0.500. The van der Waals surface area contributed by atoms with Crippen LogP contribution in [0.1, 0.15) is 35.6 Å². The van der Waals surface area contributed by atoms with E-state index in [4.69, 9.17) is 4.42 Å². The third-order valence-corrected chi connectivity index (χ3v) is 2.54. The van der Waals surface area contributed by atoms with Crippen molar-refractivity contribution in [1.29, 1.82) is 0 Å². The fourth-order valence-electron chi connectivity index (χ4n) is 1.51. The molecule has 1 heterocycles. The Bertz CT molecular complexity index is 357. The SMILES string of the molecule is CC1CC1c1ccc(C(=O)C(F)F)o1. The Morgan fingerprint density at radius 1 is 1.57 bits per heavy atom. The van der Waals surface area contributed by atoms with Gasteiger partial charge in [-0.25, -0.2) is 8.78 Å². The van der Waals surface area contributed by atoms with Gasteiger partial charge >= 0.3 is 6.43 Å². The van der Waals surface area contributed by atoms with Crippen LogP contribution in [0.4, 0.5) is 8.78 Å². The first-order valence-electron chi connectivity index (χ1n) is 4.51. The lowest BCUT2D eigenvalue weighted by Crippen LogP contribution is -2.08. The Balaban J connectivity index is 2.14. The number of hydrogen-bond donors (Lipinski definition) is 0. The molecule has 2 rings (SSSR count). The van der Waals surface area contributed by atoms with Crippen LogP contribution in [-0.4, -0.2) is 12.2 Å². The smallest absolute Gasteiger partial charge is 0.303 e. The second kappa shape index (κ2) is 3.19. The maximum absolute atomic E-state index is 12.0. The minimum absolute atomic E-state index is 0.228. The average Bonchev–Trinajstić information content (AvgIpc) is 2.67. The van der Waals surface area contributed by atoms with Gasteiger partial charge in [-0.1, -0.05) is 6.92 Å². The summed E-state index contributed by atoms with van der Waals surface area (Å²) >= 11 is 0. The molecule has 1 aliphatic carbocycles. The second-order valence-electron chi connectivity index (χ2n) is 3.69. The number of hydrogen-bond acceptors (Lipinski definition) is 2. The van der Waals surface area contributed by atoms with E-state index in [-0.39, 0.29) is 5.76 Å². The van der Waals surface area contributed by atoms with Crippen LogP contribution in [0.3, 0.4) is 0 Å². The highest BCUT2D eigenvalue weighted by molar-refractivity contribution is 5.95. The summed E-state index contributed by atoms with van der Waals surface area (Å²) in [4.78, 5) is 10.8. The number of alkyl halides is 2. The normalized spacial score (nSPS) is 25.4. The molecule has 4 heteroatoms. The summed E-state index contributed by atoms with van der Waals surface area (Å²) in [6, 6.07) is 2.94. The quantitative estimate of drug-likeness (QED) is 0.702. The molecule has 0 N–H and O–H groups in total. The molecule has 2 unspecified atom stereocenters. The molecule has 76 valence electrons. The van der Waals surface area contributed by atoms with Crippen molar-refractivity contribution < 1.29 is 18.0 Å². The minimum atomic E-state index is -2.98. The van der Waals surface area contributed by atoms with E-state index in [1.807, 2.05) is 0 Å². The molecule has 14 heavy (non-hydrogen) atoms. The molecule has 0 radical (unpaired) electrons. The van der Waals surface area contributed by atoms with Crippen molar-refractivity contribution in [2.45, 2.75) is 25.7 Å². The lowest BCUT2D eigenvalue weighted by molar-refractivity contribution is 0.0647. The molecule has 1 fully saturated rings. The molecule has 1 saturated carbocycles. The summed E-state index contributed by atoms with van der Waals surface area (Å²) in [5.74, 6) is 0.0463. The molecule has 0 bridgehead atoms. The first-order chi connectivity index (χ1) is 6.59. The van der Waals surface area contributed by atoms with Gasteiger partial charge in [-0.2, -0.15) is 0 Å². The van der Waals surface area contributed by atoms with Crippen LogP contribution in [0, 0.1) is 5.92 Å². The molecular weight excluding hydrogens is 190 g/mol. The molecule has 1 aromatic heterocycles. The van der Waals surface area contributed by atoms with Gasteiger partial charge in [0.25, 0.3) is 5.78 Å². The predicted octanol–water partition coefficient (Wildman–Crippen LogP) is 2.85. The molecular formula is C10H10F2O2. The zero-order valence-electron chi connectivity index (χ0n) is 7.67. The summed E-state index contributed by atoms with van der Waals surface area (Å²) in [7, 11) is 0. The number of halogens is 2. The summed E-state index contributed by atoms with van der Waals surface area (Å²) in [6.45, 7) is 2.06. The standard InChI is InChI=1S/C10H10F2O2/c1-5-4-6(5)7-2-3-8(14-7)9(13)10(11)12/h2-3,5-6,10H,4H2,1H3. The van der Waals surface area contributed by atoms with Crippen molar-refractivity contribution in [3.63, 3.8) is 0 Å². The molecule has 0 spiro atoms. The van der Waals surface area contributed by atoms with E-state index < -0.39 is 12.2 Å². The van der Waals surface area contributed by atoms with E-state index in [2.05, 4.69) is 6.92 Å². The van der Waals surface area contributed by atoms with E-state index in [9.17, 15) is 13.6 Å². The number of ketones is 1. The Morgan fingerprint density at radius 3 is 2.71 bits per heavy atom. The fourth-order valence-corrected chi connectivity index (χ4v) is 1.51. The lowest BCUT2D eigenvalue weighted by Gasteiger charge is -1.94. The molecule has 1 aliphatic rings. The maximum atomic E-state index is 12.0. The highest BCUT2D eigenvalue weighted by Gasteiger charge is 2.37. The molecule has 0 aromatic carbocycles. The second-order valence-corrected chi connectivity index (χ2v) is 3.69. The Kier molecular flexibility index (Phi) is 2.13. The zero-order valence-corrected chi connectivity index (χ0v) is 7.67. The molecule has 1 aromatic rings. The Labute approximate surface area is 79.9 Å². The molecule has 2 atom stereocenters. The highest BCUT2D eigenvalue weighted by atomic mass is 19.3. The van der Waals surface area contributed by atoms with E-state index in [1.165, 1.54) is 6.07 Å². The largest absolute Gasteiger partial charge is 0.457 e. The summed E-state index contributed by atoms with van der Waals surface area (Å²) in [6.07, 6.45) is -1.97. The van der Waals surface area contributed by atoms with Gasteiger partial charge in [-0.05, 0) is 24.5 Å². The summed E-state index contributed by atoms with van der Waals surface area (Å²) in [5, 5.41) is 0. The van der Waals surface area contributed by atoms with Gasteiger partial charge in [-0.3, -0.25) is 4.79 Å². The van der Waals surface area contributed by atoms with Crippen molar-refractivity contribution in [3.8, 4) is 0 Å². The Hall–Kier alpha value is -1.19. The van der Waals surface area contributed by atoms with E-state index in [0.717, 1.165) is 6.42 Å². The van der Waals surface area contributed by atoms with Gasteiger partial charge in [0.05, 0.1) is 0 Å². The molecule has 2 nitrogen and oxygen atoms in total. The number of carbonyl (C=O) groups is 1. The maximum Gasteiger partial charge on any atom is 0.303 e. The first-order valence-corrected chi connectivity index (χ1v) is 4.51. The van der Waals surface area contributed by atoms with E-state index >= 15 is 0 Å². The van der Waals surface area contributed by atoms with Crippen molar-refractivity contribution in [1.82, 2.24) is 0 Å². The van der Waals surface area contributed by atoms with Gasteiger partial charge in [0, 0.05) is 5.92 Å². The van der Waals surface area contributed by atoms with Crippen LogP contribution in [-0.2, 0) is 0 Å². The van der Waals surface area contributed by atoms with Crippen LogP contribution in [0.15, 0.2) is 16.5 Å². The summed E-state index contributed by atoms with van der Waals surface area (Å²) in [5.41, 5.74) is 0. The topological polar surface area (TPSA) is 30.2 Å². The van der Waals surface area contributed by atoms with E-state index in [0.29, 0.717) is 17.6 Å². The number of furan rings is 1. The Morgan fingerprint density at radius 2 is 2.21 bits per heavy atom. The highest BCUT2D eigenvalue weighted by Crippen LogP contribution is 2.47. The van der Waals surface area contributed by atoms with Crippen molar-refractivity contribution in [3.05, 3.63) is 23.7 Å². The minimum Gasteiger partial charge on any atom is -0.457 e. The third kappa shape index (κ3) is 1.56. The van der Waals surface area contributed by atoms with Gasteiger partial charge in [-0.15, -0.1) is 0 Å². The molecule has 0 aliphatic heterocycles. The molecule has 0 amide bonds. The van der Waals surface area contributed by atoms with Crippen LogP contribution < -0.4 is 0 Å². The van der Waals surface area contributed by atoms with Gasteiger partial charge in [0.2, 0.25) is 0 Å². The zero-order chi connectivity index (χ0) is 10.3. The monoisotopic (exact) mass is 200 g/mol. The number of Topliss-reactive ketones (excluding diaryl/α,β-unsaturated/α-hetero) is 1. The van der Waals surface area contributed by atoms with Crippen molar-refractivity contribution in [2.75, 3.05) is 0 Å². The van der Waals surface area contributed by atoms with Gasteiger partial charge in [0.15, 0.2) is 5.76 Å².